The second-order valence-electron chi connectivity index (χ2n) is 6.17. The molecule has 134 valence electrons. The predicted octanol–water partition coefficient (Wildman–Crippen LogP) is 3.88. The van der Waals surface area contributed by atoms with Gasteiger partial charge in [-0.2, -0.15) is 0 Å². The third-order valence-electron chi connectivity index (χ3n) is 4.64. The van der Waals surface area contributed by atoms with Crippen LogP contribution in [0.4, 0.5) is 5.69 Å². The van der Waals surface area contributed by atoms with Crippen molar-refractivity contribution in [2.75, 3.05) is 12.0 Å². The maximum absolute atomic E-state index is 12.9. The van der Waals surface area contributed by atoms with Crippen LogP contribution in [0.5, 0.6) is 5.75 Å². The first-order chi connectivity index (χ1) is 12.5. The smallest absolute Gasteiger partial charge is 0.294 e. The second kappa shape index (κ2) is 7.04. The summed E-state index contributed by atoms with van der Waals surface area (Å²) in [5, 5.41) is 10.5. The average Bonchev–Trinajstić information content (AvgIpc) is 2.92. The number of Topliss-reactive ketones (excluding diaryl/α,β-unsaturated/α-hetero) is 1. The number of aliphatic hydroxyl groups is 1. The van der Waals surface area contributed by atoms with E-state index in [2.05, 4.69) is 0 Å². The van der Waals surface area contributed by atoms with Crippen LogP contribution in [-0.4, -0.2) is 23.9 Å². The monoisotopic (exact) mass is 351 g/mol. The zero-order chi connectivity index (χ0) is 18.8. The van der Waals surface area contributed by atoms with Gasteiger partial charge in [0.2, 0.25) is 0 Å². The van der Waals surface area contributed by atoms with E-state index in [4.69, 9.17) is 4.74 Å². The van der Waals surface area contributed by atoms with Gasteiger partial charge in [0.25, 0.3) is 5.91 Å². The van der Waals surface area contributed by atoms with Crippen LogP contribution in [0.2, 0.25) is 0 Å². The zero-order valence-electron chi connectivity index (χ0n) is 15.0. The van der Waals surface area contributed by atoms with E-state index in [9.17, 15) is 14.7 Å². The van der Waals surface area contributed by atoms with Crippen molar-refractivity contribution in [3.8, 4) is 5.75 Å². The number of methoxy groups -OCH3 is 1. The van der Waals surface area contributed by atoms with E-state index in [1.54, 1.807) is 38.3 Å². The molecule has 0 aliphatic carbocycles. The Morgan fingerprint density at radius 1 is 1.19 bits per heavy atom. The number of amides is 1. The van der Waals surface area contributed by atoms with Gasteiger partial charge in [-0.05, 0) is 30.2 Å². The molecule has 0 bridgehead atoms. The minimum Gasteiger partial charge on any atom is -0.503 e. The predicted molar refractivity (Wildman–Crippen MR) is 99.4 cm³/mol. The van der Waals surface area contributed by atoms with Crippen molar-refractivity contribution in [1.82, 2.24) is 0 Å². The molecule has 0 spiro atoms. The molecule has 1 N–H and O–H groups in total. The number of ether oxygens (including phenoxy) is 1. The number of aryl methyl sites for hydroxylation is 1. The van der Waals surface area contributed by atoms with Gasteiger partial charge < -0.3 is 9.84 Å². The summed E-state index contributed by atoms with van der Waals surface area (Å²) in [6, 6.07) is 13.9. The minimum absolute atomic E-state index is 0.148. The Morgan fingerprint density at radius 2 is 1.92 bits per heavy atom. The number of carbonyl (C=O) groups excluding carboxylic acids is 2. The molecule has 0 aromatic heterocycles. The number of nitrogens with zero attached hydrogens (tertiary/aromatic N) is 1. The normalized spacial score (nSPS) is 17.0. The van der Waals surface area contributed by atoms with E-state index < -0.39 is 17.7 Å². The van der Waals surface area contributed by atoms with E-state index in [0.717, 1.165) is 11.1 Å². The molecule has 1 heterocycles. The zero-order valence-corrected chi connectivity index (χ0v) is 15.0. The number of aliphatic hydroxyl groups excluding tert-OH is 1. The summed E-state index contributed by atoms with van der Waals surface area (Å²) in [6.07, 6.45) is 0.209. The highest BCUT2D eigenvalue weighted by molar-refractivity contribution is 6.16. The number of benzene rings is 2. The van der Waals surface area contributed by atoms with E-state index in [1.807, 2.05) is 31.2 Å². The molecular formula is C21H21NO4. The molecule has 0 radical (unpaired) electrons. The lowest BCUT2D eigenvalue weighted by Crippen LogP contribution is -2.31. The summed E-state index contributed by atoms with van der Waals surface area (Å²) in [7, 11) is 1.55. The van der Waals surface area contributed by atoms with Gasteiger partial charge in [-0.25, -0.2) is 0 Å². The van der Waals surface area contributed by atoms with Crippen molar-refractivity contribution in [1.29, 1.82) is 0 Å². The van der Waals surface area contributed by atoms with Crippen molar-refractivity contribution in [3.05, 3.63) is 71.0 Å². The van der Waals surface area contributed by atoms with Crippen molar-refractivity contribution >= 4 is 17.4 Å². The highest BCUT2D eigenvalue weighted by Crippen LogP contribution is 2.42. The number of rotatable bonds is 5. The summed E-state index contributed by atoms with van der Waals surface area (Å²) in [6.45, 7) is 3.64. The Labute approximate surface area is 152 Å². The van der Waals surface area contributed by atoms with Gasteiger partial charge >= 0.3 is 0 Å². The summed E-state index contributed by atoms with van der Waals surface area (Å²) in [4.78, 5) is 26.9. The highest BCUT2D eigenvalue weighted by atomic mass is 16.5. The molecule has 2 aromatic rings. The van der Waals surface area contributed by atoms with Crippen LogP contribution in [-0.2, 0) is 9.59 Å². The molecule has 1 aliphatic heterocycles. The van der Waals surface area contributed by atoms with E-state index in [-0.39, 0.29) is 17.8 Å². The SMILES string of the molecule is CCC(=O)C1=C(O)C(=O)N(c2cccc(OC)c2)C1c1ccccc1C. The molecule has 5 nitrogen and oxygen atoms in total. The molecular weight excluding hydrogens is 330 g/mol. The fourth-order valence-electron chi connectivity index (χ4n) is 3.29. The fourth-order valence-corrected chi connectivity index (χ4v) is 3.29. The Kier molecular flexibility index (Phi) is 4.80. The van der Waals surface area contributed by atoms with E-state index in [1.165, 1.54) is 4.90 Å². The molecule has 5 heteroatoms. The van der Waals surface area contributed by atoms with Crippen LogP contribution in [0, 0.1) is 6.92 Å². The molecule has 1 aliphatic rings. The Bertz CT molecular complexity index is 900. The Morgan fingerprint density at radius 3 is 2.58 bits per heavy atom. The lowest BCUT2D eigenvalue weighted by molar-refractivity contribution is -0.118. The van der Waals surface area contributed by atoms with Gasteiger partial charge in [-0.15, -0.1) is 0 Å². The van der Waals surface area contributed by atoms with Crippen LogP contribution >= 0.6 is 0 Å². The molecule has 1 atom stereocenters. The number of carbonyl (C=O) groups is 2. The van der Waals surface area contributed by atoms with Gasteiger partial charge in [0.15, 0.2) is 11.5 Å². The minimum atomic E-state index is -0.664. The Hall–Kier alpha value is -3.08. The molecule has 0 saturated heterocycles. The van der Waals surface area contributed by atoms with Crippen molar-refractivity contribution in [3.63, 3.8) is 0 Å². The summed E-state index contributed by atoms with van der Waals surface area (Å²) >= 11 is 0. The first-order valence-corrected chi connectivity index (χ1v) is 8.49. The van der Waals surface area contributed by atoms with E-state index in [0.29, 0.717) is 11.4 Å². The maximum atomic E-state index is 12.9. The lowest BCUT2D eigenvalue weighted by atomic mass is 9.92. The number of hydrogen-bond acceptors (Lipinski definition) is 4. The molecule has 1 amide bonds. The summed E-state index contributed by atoms with van der Waals surface area (Å²) in [5.74, 6) is -0.709. The molecule has 0 saturated carbocycles. The third kappa shape index (κ3) is 2.86. The quantitative estimate of drug-likeness (QED) is 0.888. The first-order valence-electron chi connectivity index (χ1n) is 8.49. The summed E-state index contributed by atoms with van der Waals surface area (Å²) in [5.41, 5.74) is 2.46. The van der Waals surface area contributed by atoms with Gasteiger partial charge in [0, 0.05) is 18.2 Å². The van der Waals surface area contributed by atoms with Gasteiger partial charge in [-0.3, -0.25) is 14.5 Å². The largest absolute Gasteiger partial charge is 0.503 e. The summed E-state index contributed by atoms with van der Waals surface area (Å²) < 4.78 is 5.26. The number of ketones is 1. The van der Waals surface area contributed by atoms with Crippen LogP contribution in [0.15, 0.2) is 59.9 Å². The molecule has 0 fully saturated rings. The number of anilines is 1. The van der Waals surface area contributed by atoms with Crippen molar-refractivity contribution in [2.45, 2.75) is 26.3 Å². The fraction of sp³-hybridized carbons (Fsp3) is 0.238. The van der Waals surface area contributed by atoms with Crippen molar-refractivity contribution in [2.24, 2.45) is 0 Å². The third-order valence-corrected chi connectivity index (χ3v) is 4.64. The first kappa shape index (κ1) is 17.7. The van der Waals surface area contributed by atoms with Gasteiger partial charge in [0.1, 0.15) is 5.75 Å². The average molecular weight is 351 g/mol. The van der Waals surface area contributed by atoms with Gasteiger partial charge in [0.05, 0.1) is 18.7 Å². The highest BCUT2D eigenvalue weighted by Gasteiger charge is 2.44. The Balaban J connectivity index is 2.21. The van der Waals surface area contributed by atoms with Crippen LogP contribution in [0.1, 0.15) is 30.5 Å². The van der Waals surface area contributed by atoms with Crippen LogP contribution < -0.4 is 9.64 Å². The molecule has 1 unspecified atom stereocenters. The standard InChI is InChI=1S/C21H21NO4/c1-4-17(23)18-19(16-11-6-5-8-13(16)2)22(21(25)20(18)24)14-9-7-10-15(12-14)26-3/h5-12,19,24H,4H2,1-3H3. The van der Waals surface area contributed by atoms with Crippen molar-refractivity contribution < 1.29 is 19.4 Å². The van der Waals surface area contributed by atoms with Crippen LogP contribution in [0.3, 0.4) is 0 Å². The molecule has 2 aromatic carbocycles. The second-order valence-corrected chi connectivity index (χ2v) is 6.17. The van der Waals surface area contributed by atoms with Gasteiger partial charge in [-0.1, -0.05) is 37.3 Å². The maximum Gasteiger partial charge on any atom is 0.294 e. The molecule has 3 rings (SSSR count). The number of hydrogen-bond donors (Lipinski definition) is 1. The van der Waals surface area contributed by atoms with E-state index >= 15 is 0 Å². The lowest BCUT2D eigenvalue weighted by Gasteiger charge is -2.28. The van der Waals surface area contributed by atoms with Crippen LogP contribution in [0.25, 0.3) is 0 Å². The topological polar surface area (TPSA) is 66.8 Å². The molecule has 26 heavy (non-hydrogen) atoms.